The molecule has 0 radical (unpaired) electrons. The number of allylic oxidation sites excluding steroid dienone is 4. The highest BCUT2D eigenvalue weighted by atomic mass is 16.5. The zero-order valence-corrected chi connectivity index (χ0v) is 6.72. The second-order valence-corrected chi connectivity index (χ2v) is 2.27. The molecule has 1 rings (SSSR count). The summed E-state index contributed by atoms with van der Waals surface area (Å²) in [6.07, 6.45) is 11.6. The van der Waals surface area contributed by atoms with Gasteiger partial charge in [0.15, 0.2) is 0 Å². The Balaban J connectivity index is 2.27. The summed E-state index contributed by atoms with van der Waals surface area (Å²) in [5, 5.41) is 0. The van der Waals surface area contributed by atoms with Crippen molar-refractivity contribution in [3.63, 3.8) is 0 Å². The molecule has 0 atom stereocenters. The fraction of sp³-hybridized carbons (Fsp3) is 0.222. The van der Waals surface area contributed by atoms with Gasteiger partial charge in [-0.1, -0.05) is 12.2 Å². The smallest absolute Gasteiger partial charge is 0.293 e. The van der Waals surface area contributed by atoms with E-state index in [1.165, 1.54) is 0 Å². The maximum absolute atomic E-state index is 9.83. The zero-order chi connectivity index (χ0) is 8.65. The van der Waals surface area contributed by atoms with E-state index >= 15 is 0 Å². The third kappa shape index (κ3) is 3.05. The Morgan fingerprint density at radius 3 is 2.42 bits per heavy atom. The minimum atomic E-state index is 0.415. The van der Waals surface area contributed by atoms with Gasteiger partial charge >= 0.3 is 0 Å². The van der Waals surface area contributed by atoms with E-state index in [0.29, 0.717) is 19.6 Å². The van der Waals surface area contributed by atoms with Crippen LogP contribution in [0.4, 0.5) is 0 Å². The molecule has 0 aromatic carbocycles. The van der Waals surface area contributed by atoms with E-state index in [1.807, 2.05) is 41.6 Å². The van der Waals surface area contributed by atoms with Crippen molar-refractivity contribution in [2.45, 2.75) is 0 Å². The number of hydrogen-bond acceptors (Lipinski definition) is 3. The highest BCUT2D eigenvalue weighted by molar-refractivity contribution is 5.36. The zero-order valence-electron chi connectivity index (χ0n) is 6.72. The number of ether oxygens (including phenoxy) is 1. The molecule has 0 aromatic heterocycles. The van der Waals surface area contributed by atoms with E-state index in [0.717, 1.165) is 0 Å². The van der Waals surface area contributed by atoms with E-state index in [2.05, 4.69) is 4.74 Å². The average molecular weight is 165 g/mol. The number of nitrogens with zero attached hydrogens (tertiary/aromatic N) is 1. The lowest BCUT2D eigenvalue weighted by atomic mass is 10.5. The molecule has 0 bridgehead atoms. The second kappa shape index (κ2) is 5.18. The molecule has 0 aromatic rings. The maximum Gasteiger partial charge on any atom is 0.293 e. The van der Waals surface area contributed by atoms with Crippen molar-refractivity contribution in [2.75, 3.05) is 13.2 Å². The monoisotopic (exact) mass is 165 g/mol. The summed E-state index contributed by atoms with van der Waals surface area (Å²) in [4.78, 5) is 11.8. The number of carbonyl (C=O) groups excluding carboxylic acids is 1. The van der Waals surface area contributed by atoms with Crippen molar-refractivity contribution in [3.8, 4) is 0 Å². The predicted octanol–water partition coefficient (Wildman–Crippen LogP) is 1.06. The van der Waals surface area contributed by atoms with Gasteiger partial charge in [0.1, 0.15) is 6.61 Å². The predicted molar refractivity (Wildman–Crippen MR) is 46.1 cm³/mol. The Morgan fingerprint density at radius 2 is 1.83 bits per heavy atom. The summed E-state index contributed by atoms with van der Waals surface area (Å²) in [5.74, 6) is 0. The standard InChI is InChI=1S/C9H11NO2/c11-9-12-8-7-10-5-3-1-2-4-6-10/h1-6,9H,7-8H2. The van der Waals surface area contributed by atoms with Crippen molar-refractivity contribution in [1.82, 2.24) is 4.90 Å². The van der Waals surface area contributed by atoms with E-state index in [4.69, 9.17) is 0 Å². The van der Waals surface area contributed by atoms with E-state index in [9.17, 15) is 4.79 Å². The largest absolute Gasteiger partial charge is 0.466 e. The van der Waals surface area contributed by atoms with Crippen LogP contribution < -0.4 is 0 Å². The van der Waals surface area contributed by atoms with Gasteiger partial charge in [0.2, 0.25) is 0 Å². The molecule has 64 valence electrons. The Morgan fingerprint density at radius 1 is 1.17 bits per heavy atom. The lowest BCUT2D eigenvalue weighted by Gasteiger charge is -2.12. The molecule has 3 heteroatoms. The molecule has 0 spiro atoms. The van der Waals surface area contributed by atoms with Crippen LogP contribution in [0.5, 0.6) is 0 Å². The average Bonchev–Trinajstić information content (AvgIpc) is 2.33. The van der Waals surface area contributed by atoms with Crippen LogP contribution in [-0.4, -0.2) is 24.5 Å². The summed E-state index contributed by atoms with van der Waals surface area (Å²) in [6.45, 7) is 1.56. The lowest BCUT2D eigenvalue weighted by molar-refractivity contribution is -0.128. The van der Waals surface area contributed by atoms with Gasteiger partial charge in [0, 0.05) is 12.4 Å². The fourth-order valence-electron chi connectivity index (χ4n) is 0.854. The van der Waals surface area contributed by atoms with Gasteiger partial charge < -0.3 is 9.64 Å². The van der Waals surface area contributed by atoms with Crippen LogP contribution in [0, 0.1) is 0 Å². The van der Waals surface area contributed by atoms with Crippen molar-refractivity contribution >= 4 is 6.47 Å². The molecule has 0 unspecified atom stereocenters. The maximum atomic E-state index is 9.83. The molecule has 1 heterocycles. The minimum Gasteiger partial charge on any atom is -0.466 e. The van der Waals surface area contributed by atoms with Gasteiger partial charge in [-0.2, -0.15) is 0 Å². The molecule has 12 heavy (non-hydrogen) atoms. The topological polar surface area (TPSA) is 29.5 Å². The van der Waals surface area contributed by atoms with Crippen molar-refractivity contribution in [1.29, 1.82) is 0 Å². The van der Waals surface area contributed by atoms with Gasteiger partial charge in [0.25, 0.3) is 6.47 Å². The minimum absolute atomic E-state index is 0.415. The molecule has 0 N–H and O–H groups in total. The second-order valence-electron chi connectivity index (χ2n) is 2.27. The molecular weight excluding hydrogens is 154 g/mol. The lowest BCUT2D eigenvalue weighted by Crippen LogP contribution is -2.15. The Kier molecular flexibility index (Phi) is 3.71. The van der Waals surface area contributed by atoms with Crippen LogP contribution in [0.3, 0.4) is 0 Å². The van der Waals surface area contributed by atoms with Gasteiger partial charge in [-0.3, -0.25) is 4.79 Å². The summed E-state index contributed by atoms with van der Waals surface area (Å²) >= 11 is 0. The molecule has 0 fully saturated rings. The summed E-state index contributed by atoms with van der Waals surface area (Å²) < 4.78 is 4.57. The first kappa shape index (κ1) is 8.59. The van der Waals surface area contributed by atoms with Crippen molar-refractivity contribution in [3.05, 3.63) is 36.7 Å². The molecule has 3 nitrogen and oxygen atoms in total. The first-order chi connectivity index (χ1) is 5.93. The first-order valence-electron chi connectivity index (χ1n) is 3.76. The summed E-state index contributed by atoms with van der Waals surface area (Å²) in [7, 11) is 0. The molecule has 1 aliphatic rings. The van der Waals surface area contributed by atoms with Gasteiger partial charge in [-0.05, 0) is 12.2 Å². The van der Waals surface area contributed by atoms with Crippen LogP contribution in [0.15, 0.2) is 36.7 Å². The van der Waals surface area contributed by atoms with Gasteiger partial charge in [0.05, 0.1) is 6.54 Å². The molecule has 0 saturated heterocycles. The van der Waals surface area contributed by atoms with E-state index in [-0.39, 0.29) is 0 Å². The van der Waals surface area contributed by atoms with Crippen molar-refractivity contribution < 1.29 is 9.53 Å². The van der Waals surface area contributed by atoms with Crippen LogP contribution in [0.25, 0.3) is 0 Å². The normalized spacial score (nSPS) is 14.5. The molecular formula is C9H11NO2. The summed E-state index contributed by atoms with van der Waals surface area (Å²) in [6, 6.07) is 0. The van der Waals surface area contributed by atoms with Crippen LogP contribution in [0.2, 0.25) is 0 Å². The number of carbonyl (C=O) groups is 1. The molecule has 0 amide bonds. The fourth-order valence-corrected chi connectivity index (χ4v) is 0.854. The van der Waals surface area contributed by atoms with Crippen molar-refractivity contribution in [2.24, 2.45) is 0 Å². The Hall–Kier alpha value is -1.51. The third-order valence-electron chi connectivity index (χ3n) is 1.42. The third-order valence-corrected chi connectivity index (χ3v) is 1.42. The Labute approximate surface area is 71.6 Å². The molecule has 0 saturated carbocycles. The SMILES string of the molecule is O=COCCN1C=CC=CC=C1. The quantitative estimate of drug-likeness (QED) is 0.461. The van der Waals surface area contributed by atoms with Crippen LogP contribution >= 0.6 is 0 Å². The highest BCUT2D eigenvalue weighted by Crippen LogP contribution is 1.97. The van der Waals surface area contributed by atoms with E-state index < -0.39 is 0 Å². The van der Waals surface area contributed by atoms with Crippen LogP contribution in [-0.2, 0) is 9.53 Å². The number of rotatable bonds is 4. The number of hydrogen-bond donors (Lipinski definition) is 0. The molecule has 0 aliphatic carbocycles. The van der Waals surface area contributed by atoms with Crippen LogP contribution in [0.1, 0.15) is 0 Å². The highest BCUT2D eigenvalue weighted by Gasteiger charge is 1.93. The van der Waals surface area contributed by atoms with E-state index in [1.54, 1.807) is 0 Å². The summed E-state index contributed by atoms with van der Waals surface area (Å²) in [5.41, 5.74) is 0. The van der Waals surface area contributed by atoms with Gasteiger partial charge in [-0.15, -0.1) is 0 Å². The first-order valence-corrected chi connectivity index (χ1v) is 3.76. The molecule has 1 aliphatic heterocycles. The van der Waals surface area contributed by atoms with Gasteiger partial charge in [-0.25, -0.2) is 0 Å². The Bertz CT molecular complexity index is 203.